The summed E-state index contributed by atoms with van der Waals surface area (Å²) in [6.07, 6.45) is 6.08. The first-order valence-corrected chi connectivity index (χ1v) is 11.4. The Kier molecular flexibility index (Phi) is 8.79. The van der Waals surface area contributed by atoms with E-state index < -0.39 is 17.5 Å². The van der Waals surface area contributed by atoms with Crippen LogP contribution in [0.2, 0.25) is 0 Å². The number of benzene rings is 3. The largest absolute Gasteiger partial charge is 0.206 e. The van der Waals surface area contributed by atoms with Gasteiger partial charge in [-0.2, -0.15) is 0 Å². The summed E-state index contributed by atoms with van der Waals surface area (Å²) < 4.78 is 43.3. The van der Waals surface area contributed by atoms with Crippen LogP contribution >= 0.6 is 0 Å². The molecule has 0 atom stereocenters. The van der Waals surface area contributed by atoms with Gasteiger partial charge in [0, 0.05) is 11.1 Å². The molecule has 3 heteroatoms. The molecule has 3 aromatic rings. The molecule has 0 aromatic heterocycles. The highest BCUT2D eigenvalue weighted by atomic mass is 19.1. The zero-order valence-electron chi connectivity index (χ0n) is 19.1. The Hall–Kier alpha value is -3.43. The Labute approximate surface area is 194 Å². The summed E-state index contributed by atoms with van der Waals surface area (Å²) in [5.74, 6) is 8.71. The van der Waals surface area contributed by atoms with E-state index in [4.69, 9.17) is 0 Å². The Bertz CT molecular complexity index is 1190. The number of halogens is 3. The second kappa shape index (κ2) is 12.0. The SMILES string of the molecule is CCCCc1ccc(C#Cc2c(F)cc(C#Cc3ccc(CCCC)cc3F)cc2F)cc1. The Morgan fingerprint density at radius 2 is 1.15 bits per heavy atom. The van der Waals surface area contributed by atoms with Crippen LogP contribution < -0.4 is 0 Å². The summed E-state index contributed by atoms with van der Waals surface area (Å²) in [5, 5.41) is 0. The van der Waals surface area contributed by atoms with Crippen LogP contribution in [0.15, 0.2) is 54.6 Å². The fourth-order valence-electron chi connectivity index (χ4n) is 3.37. The third-order valence-electron chi connectivity index (χ3n) is 5.34. The first-order chi connectivity index (χ1) is 16.0. The molecule has 168 valence electrons. The molecule has 0 fully saturated rings. The van der Waals surface area contributed by atoms with Crippen molar-refractivity contribution in [3.63, 3.8) is 0 Å². The number of aryl methyl sites for hydroxylation is 2. The van der Waals surface area contributed by atoms with E-state index in [1.165, 1.54) is 11.6 Å². The lowest BCUT2D eigenvalue weighted by molar-refractivity contribution is 0.577. The maximum absolute atomic E-state index is 14.5. The second-order valence-corrected chi connectivity index (χ2v) is 8.03. The molecule has 0 saturated carbocycles. The van der Waals surface area contributed by atoms with Crippen LogP contribution in [0.3, 0.4) is 0 Å². The molecule has 0 bridgehead atoms. The van der Waals surface area contributed by atoms with Crippen molar-refractivity contribution in [2.75, 3.05) is 0 Å². The maximum Gasteiger partial charge on any atom is 0.143 e. The quantitative estimate of drug-likeness (QED) is 0.344. The van der Waals surface area contributed by atoms with E-state index in [9.17, 15) is 13.2 Å². The number of unbranched alkanes of at least 4 members (excludes halogenated alkanes) is 2. The highest BCUT2D eigenvalue weighted by molar-refractivity contribution is 5.50. The average Bonchev–Trinajstić information content (AvgIpc) is 2.81. The van der Waals surface area contributed by atoms with E-state index in [1.54, 1.807) is 6.07 Å². The van der Waals surface area contributed by atoms with Crippen LogP contribution in [0, 0.1) is 41.1 Å². The Morgan fingerprint density at radius 3 is 1.76 bits per heavy atom. The predicted octanol–water partition coefficient (Wildman–Crippen LogP) is 7.59. The summed E-state index contributed by atoms with van der Waals surface area (Å²) in [5.41, 5.74) is 2.84. The second-order valence-electron chi connectivity index (χ2n) is 8.03. The fourth-order valence-corrected chi connectivity index (χ4v) is 3.37. The molecule has 0 saturated heterocycles. The van der Waals surface area contributed by atoms with Gasteiger partial charge in [-0.25, -0.2) is 13.2 Å². The molecule has 0 unspecified atom stereocenters. The normalized spacial score (nSPS) is 10.2. The lowest BCUT2D eigenvalue weighted by Gasteiger charge is -2.02. The molecule has 0 spiro atoms. The van der Waals surface area contributed by atoms with Gasteiger partial charge in [0.2, 0.25) is 0 Å². The monoisotopic (exact) mass is 444 g/mol. The van der Waals surface area contributed by atoms with Crippen molar-refractivity contribution in [3.05, 3.63) is 105 Å². The lowest BCUT2D eigenvalue weighted by atomic mass is 10.0. The van der Waals surface area contributed by atoms with Gasteiger partial charge >= 0.3 is 0 Å². The molecule has 0 aliphatic carbocycles. The molecule has 0 amide bonds. The van der Waals surface area contributed by atoms with Crippen LogP contribution in [0.1, 0.15) is 72.9 Å². The summed E-state index contributed by atoms with van der Waals surface area (Å²) in [6, 6.07) is 14.8. The van der Waals surface area contributed by atoms with Crippen molar-refractivity contribution in [2.24, 2.45) is 0 Å². The predicted molar refractivity (Wildman–Crippen MR) is 128 cm³/mol. The molecular formula is C30H27F3. The van der Waals surface area contributed by atoms with Gasteiger partial charge in [0.1, 0.15) is 17.5 Å². The van der Waals surface area contributed by atoms with Gasteiger partial charge in [-0.05, 0) is 73.2 Å². The van der Waals surface area contributed by atoms with Gasteiger partial charge < -0.3 is 0 Å². The molecule has 3 rings (SSSR count). The van der Waals surface area contributed by atoms with Crippen LogP contribution in [-0.4, -0.2) is 0 Å². The molecule has 0 N–H and O–H groups in total. The van der Waals surface area contributed by atoms with E-state index in [0.29, 0.717) is 5.56 Å². The lowest BCUT2D eigenvalue weighted by Crippen LogP contribution is -1.93. The minimum absolute atomic E-state index is 0.130. The molecule has 3 aromatic carbocycles. The molecule has 33 heavy (non-hydrogen) atoms. The van der Waals surface area contributed by atoms with Gasteiger partial charge in [0.25, 0.3) is 0 Å². The number of rotatable bonds is 6. The van der Waals surface area contributed by atoms with Crippen LogP contribution in [0.25, 0.3) is 0 Å². The van der Waals surface area contributed by atoms with E-state index in [0.717, 1.165) is 56.2 Å². The first-order valence-electron chi connectivity index (χ1n) is 11.4. The zero-order valence-corrected chi connectivity index (χ0v) is 19.1. The zero-order chi connectivity index (χ0) is 23.6. The summed E-state index contributed by atoms with van der Waals surface area (Å²) in [7, 11) is 0. The summed E-state index contributed by atoms with van der Waals surface area (Å²) in [4.78, 5) is 0. The van der Waals surface area contributed by atoms with Gasteiger partial charge in [-0.3, -0.25) is 0 Å². The minimum atomic E-state index is -0.790. The van der Waals surface area contributed by atoms with Crippen LogP contribution in [0.5, 0.6) is 0 Å². The van der Waals surface area contributed by atoms with E-state index in [2.05, 4.69) is 37.5 Å². The fraction of sp³-hybridized carbons (Fsp3) is 0.267. The first kappa shape index (κ1) is 24.2. The number of hydrogen-bond donors (Lipinski definition) is 0. The molecule has 0 radical (unpaired) electrons. The number of hydrogen-bond acceptors (Lipinski definition) is 0. The van der Waals surface area contributed by atoms with Crippen LogP contribution in [0.4, 0.5) is 13.2 Å². The smallest absolute Gasteiger partial charge is 0.143 e. The van der Waals surface area contributed by atoms with Crippen molar-refractivity contribution in [1.82, 2.24) is 0 Å². The van der Waals surface area contributed by atoms with E-state index >= 15 is 0 Å². The van der Waals surface area contributed by atoms with E-state index in [-0.39, 0.29) is 16.7 Å². The highest BCUT2D eigenvalue weighted by Gasteiger charge is 2.09. The minimum Gasteiger partial charge on any atom is -0.206 e. The molecular weight excluding hydrogens is 417 g/mol. The van der Waals surface area contributed by atoms with Crippen molar-refractivity contribution < 1.29 is 13.2 Å². The third-order valence-corrected chi connectivity index (χ3v) is 5.34. The standard InChI is InChI=1S/C30H27F3/c1-3-5-7-22-9-11-23(12-10-22)15-18-27-29(32)20-25(21-30(27)33)14-17-26-16-13-24(8-6-4-2)19-28(26)31/h9-13,16,19-21H,3-8H2,1-2H3. The van der Waals surface area contributed by atoms with Crippen molar-refractivity contribution >= 4 is 0 Å². The molecule has 0 heterocycles. The topological polar surface area (TPSA) is 0 Å². The van der Waals surface area contributed by atoms with Gasteiger partial charge in [-0.1, -0.05) is 68.6 Å². The van der Waals surface area contributed by atoms with Crippen molar-refractivity contribution in [2.45, 2.75) is 52.4 Å². The van der Waals surface area contributed by atoms with Gasteiger partial charge in [0.15, 0.2) is 0 Å². The van der Waals surface area contributed by atoms with Gasteiger partial charge in [0.05, 0.1) is 11.1 Å². The average molecular weight is 445 g/mol. The van der Waals surface area contributed by atoms with Crippen LogP contribution in [-0.2, 0) is 12.8 Å². The van der Waals surface area contributed by atoms with Crippen molar-refractivity contribution in [3.8, 4) is 23.7 Å². The van der Waals surface area contributed by atoms with E-state index in [1.807, 2.05) is 30.3 Å². The third kappa shape index (κ3) is 7.03. The summed E-state index contributed by atoms with van der Waals surface area (Å²) in [6.45, 7) is 4.22. The Balaban J connectivity index is 1.76. The van der Waals surface area contributed by atoms with Gasteiger partial charge in [-0.15, -0.1) is 0 Å². The van der Waals surface area contributed by atoms with Crippen molar-refractivity contribution in [1.29, 1.82) is 0 Å². The molecule has 0 aliphatic rings. The Morgan fingerprint density at radius 1 is 0.576 bits per heavy atom. The summed E-state index contributed by atoms with van der Waals surface area (Å²) >= 11 is 0. The maximum atomic E-state index is 14.5. The highest BCUT2D eigenvalue weighted by Crippen LogP contribution is 2.16. The molecule has 0 aliphatic heterocycles. The molecule has 0 nitrogen and oxygen atoms in total.